The van der Waals surface area contributed by atoms with Gasteiger partial charge in [0.15, 0.2) is 0 Å². The van der Waals surface area contributed by atoms with Crippen LogP contribution in [0, 0.1) is 5.92 Å². The molecule has 0 spiro atoms. The monoisotopic (exact) mass is 376 g/mol. The van der Waals surface area contributed by atoms with Gasteiger partial charge in [0.25, 0.3) is 0 Å². The highest BCUT2D eigenvalue weighted by atomic mass is 16.5. The van der Waals surface area contributed by atoms with Crippen LogP contribution in [0.25, 0.3) is 0 Å². The van der Waals surface area contributed by atoms with Crippen LogP contribution in [0.3, 0.4) is 0 Å². The molecule has 0 bridgehead atoms. The van der Waals surface area contributed by atoms with E-state index in [0.717, 1.165) is 43.2 Å². The van der Waals surface area contributed by atoms with E-state index in [-0.39, 0.29) is 18.5 Å². The summed E-state index contributed by atoms with van der Waals surface area (Å²) in [4.78, 5) is 22.6. The number of carbonyl (C=O) groups excluding carboxylic acids is 1. The molecule has 1 atom stereocenters. The highest BCUT2D eigenvalue weighted by Gasteiger charge is 2.16. The maximum atomic E-state index is 11.5. The molecule has 0 aliphatic carbocycles. The molecule has 0 amide bonds. The van der Waals surface area contributed by atoms with E-state index in [1.807, 2.05) is 19.9 Å². The zero-order valence-corrected chi connectivity index (χ0v) is 16.7. The quantitative estimate of drug-likeness (QED) is 0.372. The highest BCUT2D eigenvalue weighted by Crippen LogP contribution is 2.19. The number of rotatable bonds is 13. The van der Waals surface area contributed by atoms with Crippen molar-refractivity contribution in [1.82, 2.24) is 0 Å². The zero-order chi connectivity index (χ0) is 20.1. The molecule has 1 N–H and O–H groups in total. The predicted octanol–water partition coefficient (Wildman–Crippen LogP) is 5.32. The van der Waals surface area contributed by atoms with Crippen LogP contribution in [0.2, 0.25) is 0 Å². The van der Waals surface area contributed by atoms with Crippen LogP contribution in [0.5, 0.6) is 0 Å². The Bertz CT molecular complexity index is 621. The molecule has 27 heavy (non-hydrogen) atoms. The fourth-order valence-electron chi connectivity index (χ4n) is 2.85. The first kappa shape index (κ1) is 22.7. The summed E-state index contributed by atoms with van der Waals surface area (Å²) >= 11 is 0. The van der Waals surface area contributed by atoms with E-state index in [0.29, 0.717) is 12.8 Å². The molecule has 150 valence electrons. The molecule has 0 aromatic carbocycles. The average Bonchev–Trinajstić information content (AvgIpc) is 3.10. The summed E-state index contributed by atoms with van der Waals surface area (Å²) in [5.41, 5.74) is 3.38. The first-order valence-corrected chi connectivity index (χ1v) is 9.57. The molecule has 0 aliphatic heterocycles. The van der Waals surface area contributed by atoms with Crippen LogP contribution >= 0.6 is 0 Å². The number of aliphatic carboxylic acids is 1. The van der Waals surface area contributed by atoms with Crippen LogP contribution in [-0.2, 0) is 20.7 Å². The Balaban J connectivity index is 2.50. The molecule has 5 nitrogen and oxygen atoms in total. The Morgan fingerprint density at radius 2 is 1.96 bits per heavy atom. The van der Waals surface area contributed by atoms with Gasteiger partial charge in [-0.15, -0.1) is 0 Å². The van der Waals surface area contributed by atoms with Crippen LogP contribution in [0.1, 0.15) is 64.9 Å². The second-order valence-electron chi connectivity index (χ2n) is 7.10. The molecule has 1 rings (SSSR count). The number of ether oxygens (including phenoxy) is 1. The minimum Gasteiger partial charge on any atom is -0.481 e. The molecule has 1 heterocycles. The maximum Gasteiger partial charge on any atom is 0.306 e. The fraction of sp³-hybridized carbons (Fsp3) is 0.545. The second-order valence-corrected chi connectivity index (χ2v) is 7.10. The lowest BCUT2D eigenvalue weighted by molar-refractivity contribution is -0.142. The van der Waals surface area contributed by atoms with Gasteiger partial charge < -0.3 is 14.3 Å². The van der Waals surface area contributed by atoms with Crippen molar-refractivity contribution < 1.29 is 23.8 Å². The first-order chi connectivity index (χ1) is 12.9. The standard InChI is InChI=1S/C22H32O5/c1-17(2)7-4-11-21(22(24)25)12-6-10-19(16-27-18(3)23)8-5-9-20-13-14-26-15-20/h7-8,13-15,21H,4-6,9-12,16H2,1-3H3,(H,24,25)/t21-/m0/s1. The number of hydrogen-bond acceptors (Lipinski definition) is 4. The molecule has 1 aromatic rings. The summed E-state index contributed by atoms with van der Waals surface area (Å²) in [5.74, 6) is -1.37. The minimum atomic E-state index is -0.734. The largest absolute Gasteiger partial charge is 0.481 e. The summed E-state index contributed by atoms with van der Waals surface area (Å²) in [6.45, 7) is 5.71. The highest BCUT2D eigenvalue weighted by molar-refractivity contribution is 5.69. The van der Waals surface area contributed by atoms with E-state index in [2.05, 4.69) is 12.2 Å². The number of esters is 1. The van der Waals surface area contributed by atoms with Gasteiger partial charge >= 0.3 is 11.9 Å². The van der Waals surface area contributed by atoms with Gasteiger partial charge in [-0.25, -0.2) is 0 Å². The Kier molecular flexibility index (Phi) is 10.9. The predicted molar refractivity (Wildman–Crippen MR) is 105 cm³/mol. The molecular formula is C22H32O5. The molecular weight excluding hydrogens is 344 g/mol. The molecule has 0 fully saturated rings. The van der Waals surface area contributed by atoms with Gasteiger partial charge in [0, 0.05) is 6.92 Å². The molecule has 0 radical (unpaired) electrons. The van der Waals surface area contributed by atoms with Crippen molar-refractivity contribution in [1.29, 1.82) is 0 Å². The van der Waals surface area contributed by atoms with Gasteiger partial charge in [0.1, 0.15) is 6.61 Å². The van der Waals surface area contributed by atoms with Gasteiger partial charge in [-0.3, -0.25) is 9.59 Å². The summed E-state index contributed by atoms with van der Waals surface area (Å²) in [5, 5.41) is 9.41. The van der Waals surface area contributed by atoms with Crippen molar-refractivity contribution in [3.8, 4) is 0 Å². The summed E-state index contributed by atoms with van der Waals surface area (Å²) in [6, 6.07) is 1.93. The molecule has 0 aliphatic rings. The minimum absolute atomic E-state index is 0.274. The summed E-state index contributed by atoms with van der Waals surface area (Å²) in [7, 11) is 0. The average molecular weight is 376 g/mol. The third kappa shape index (κ3) is 11.1. The second kappa shape index (κ2) is 13.0. The van der Waals surface area contributed by atoms with Crippen LogP contribution in [0.15, 0.2) is 46.3 Å². The first-order valence-electron chi connectivity index (χ1n) is 9.57. The van der Waals surface area contributed by atoms with Crippen molar-refractivity contribution in [2.45, 2.75) is 65.7 Å². The van der Waals surface area contributed by atoms with Crippen LogP contribution in [0.4, 0.5) is 0 Å². The zero-order valence-electron chi connectivity index (χ0n) is 16.7. The van der Waals surface area contributed by atoms with E-state index in [4.69, 9.17) is 9.15 Å². The summed E-state index contributed by atoms with van der Waals surface area (Å²) < 4.78 is 10.2. The van der Waals surface area contributed by atoms with Crippen LogP contribution in [-0.4, -0.2) is 23.7 Å². The number of allylic oxidation sites excluding steroid dienone is 3. The third-order valence-corrected chi connectivity index (χ3v) is 4.37. The van der Waals surface area contributed by atoms with Gasteiger partial charge in [0.05, 0.1) is 18.4 Å². The van der Waals surface area contributed by atoms with Gasteiger partial charge in [-0.1, -0.05) is 17.7 Å². The lowest BCUT2D eigenvalue weighted by atomic mass is 9.94. The Labute approximate surface area is 162 Å². The fourth-order valence-corrected chi connectivity index (χ4v) is 2.85. The van der Waals surface area contributed by atoms with Gasteiger partial charge in [-0.2, -0.15) is 0 Å². The lowest BCUT2D eigenvalue weighted by Crippen LogP contribution is -2.13. The molecule has 5 heteroatoms. The number of furan rings is 1. The Morgan fingerprint density at radius 3 is 2.56 bits per heavy atom. The van der Waals surface area contributed by atoms with E-state index in [1.54, 1.807) is 12.5 Å². The smallest absolute Gasteiger partial charge is 0.306 e. The Morgan fingerprint density at radius 1 is 1.19 bits per heavy atom. The topological polar surface area (TPSA) is 76.7 Å². The normalized spacial score (nSPS) is 12.5. The Hall–Kier alpha value is -2.30. The summed E-state index contributed by atoms with van der Waals surface area (Å²) in [6.07, 6.45) is 12.8. The maximum absolute atomic E-state index is 11.5. The number of carbonyl (C=O) groups is 2. The van der Waals surface area contributed by atoms with Crippen molar-refractivity contribution in [2.75, 3.05) is 6.61 Å². The van der Waals surface area contributed by atoms with Crippen molar-refractivity contribution in [2.24, 2.45) is 5.92 Å². The number of aryl methyl sites for hydroxylation is 1. The van der Waals surface area contributed by atoms with E-state index < -0.39 is 5.97 Å². The van der Waals surface area contributed by atoms with Crippen molar-refractivity contribution in [3.63, 3.8) is 0 Å². The van der Waals surface area contributed by atoms with Gasteiger partial charge in [0.2, 0.25) is 0 Å². The van der Waals surface area contributed by atoms with Gasteiger partial charge in [-0.05, 0) is 76.0 Å². The molecule has 0 saturated heterocycles. The van der Waals surface area contributed by atoms with E-state index in [9.17, 15) is 14.7 Å². The molecule has 0 unspecified atom stereocenters. The number of carboxylic acids is 1. The number of hydrogen-bond donors (Lipinski definition) is 1. The van der Waals surface area contributed by atoms with Crippen molar-refractivity contribution >= 4 is 11.9 Å². The molecule has 0 saturated carbocycles. The van der Waals surface area contributed by atoms with Crippen molar-refractivity contribution in [3.05, 3.63) is 47.5 Å². The SMILES string of the molecule is CC(=O)OCC(=CCCc1ccoc1)CCC[C@H](CCC=C(C)C)C(=O)O. The lowest BCUT2D eigenvalue weighted by Gasteiger charge is -2.13. The molecule has 1 aromatic heterocycles. The van der Waals surface area contributed by atoms with Crippen LogP contribution < -0.4 is 0 Å². The van der Waals surface area contributed by atoms with E-state index >= 15 is 0 Å². The van der Waals surface area contributed by atoms with E-state index in [1.165, 1.54) is 12.5 Å². The number of carboxylic acid groups (broad SMARTS) is 1. The third-order valence-electron chi connectivity index (χ3n) is 4.37.